The quantitative estimate of drug-likeness (QED) is 0.0341. The number of carbonyl (C=O) groups excluding carboxylic acids is 8. The summed E-state index contributed by atoms with van der Waals surface area (Å²) in [6.45, 7) is -2.08. The van der Waals surface area contributed by atoms with E-state index in [0.717, 1.165) is 16.5 Å². The molecule has 0 saturated carbocycles. The Hall–Kier alpha value is -8.13. The Labute approximate surface area is 380 Å². The minimum Gasteiger partial charge on any atom is -0.508 e. The number of aliphatic hydroxyl groups excluding tert-OH is 1. The molecule has 26 nitrogen and oxygen atoms in total. The van der Waals surface area contributed by atoms with Gasteiger partial charge in [-0.2, -0.15) is 0 Å². The second kappa shape index (κ2) is 26.0. The van der Waals surface area contributed by atoms with E-state index in [9.17, 15) is 73.2 Å². The lowest BCUT2D eigenvalue weighted by atomic mass is 10.0. The fraction of sp³-hybridized carbons (Fsp3) is 0.390. The molecule has 0 spiro atoms. The Kier molecular flexibility index (Phi) is 20.6. The van der Waals surface area contributed by atoms with E-state index in [-0.39, 0.29) is 18.6 Å². The van der Waals surface area contributed by atoms with Gasteiger partial charge < -0.3 is 78.8 Å². The van der Waals surface area contributed by atoms with Crippen molar-refractivity contribution in [1.82, 2.24) is 47.5 Å². The first-order valence-corrected chi connectivity index (χ1v) is 20.3. The van der Waals surface area contributed by atoms with E-state index >= 15 is 0 Å². The topological polar surface area (TPSA) is 427 Å². The van der Waals surface area contributed by atoms with Crippen molar-refractivity contribution >= 4 is 76.1 Å². The summed E-state index contributed by atoms with van der Waals surface area (Å²) < 4.78 is 0. The summed E-state index contributed by atoms with van der Waals surface area (Å²) in [4.78, 5) is 140. The number of carboxylic acids is 3. The lowest BCUT2D eigenvalue weighted by Gasteiger charge is -2.24. The van der Waals surface area contributed by atoms with Gasteiger partial charge in [-0.1, -0.05) is 30.3 Å². The summed E-state index contributed by atoms with van der Waals surface area (Å²) in [6.07, 6.45) is -0.584. The number of carbonyl (C=O) groups is 11. The number of phenols is 1. The van der Waals surface area contributed by atoms with Crippen molar-refractivity contribution in [1.29, 1.82) is 0 Å². The summed E-state index contributed by atoms with van der Waals surface area (Å²) in [5, 5.41) is 65.6. The fourth-order valence-electron chi connectivity index (χ4n) is 6.08. The van der Waals surface area contributed by atoms with E-state index in [1.165, 1.54) is 31.2 Å². The maximum absolute atomic E-state index is 13.5. The van der Waals surface area contributed by atoms with Crippen molar-refractivity contribution < 1.29 is 78.3 Å². The number of hydrogen-bond acceptors (Lipinski definition) is 14. The van der Waals surface area contributed by atoms with Crippen LogP contribution in [0.5, 0.6) is 5.75 Å². The molecule has 0 bridgehead atoms. The molecule has 16 N–H and O–H groups in total. The summed E-state index contributed by atoms with van der Waals surface area (Å²) in [5.74, 6) is -12.6. The van der Waals surface area contributed by atoms with Gasteiger partial charge in [0.05, 0.1) is 38.7 Å². The molecule has 26 heteroatoms. The van der Waals surface area contributed by atoms with Crippen LogP contribution in [0.3, 0.4) is 0 Å². The van der Waals surface area contributed by atoms with Gasteiger partial charge in [0, 0.05) is 29.9 Å². The van der Waals surface area contributed by atoms with Crippen molar-refractivity contribution in [2.24, 2.45) is 5.73 Å². The fourth-order valence-corrected chi connectivity index (χ4v) is 6.08. The number of nitrogens with two attached hydrogens (primary N) is 1. The Bertz CT molecular complexity index is 2300. The molecule has 2 aromatic carbocycles. The number of H-pyrrole nitrogens is 1. The molecule has 362 valence electrons. The number of para-hydroxylation sites is 1. The zero-order chi connectivity index (χ0) is 49.8. The third-order valence-corrected chi connectivity index (χ3v) is 9.63. The van der Waals surface area contributed by atoms with E-state index in [4.69, 9.17) is 10.8 Å². The van der Waals surface area contributed by atoms with E-state index in [2.05, 4.69) is 42.2 Å². The number of nitrogens with one attached hydrogen (secondary N) is 9. The Morgan fingerprint density at radius 1 is 0.612 bits per heavy atom. The highest BCUT2D eigenvalue weighted by atomic mass is 16.4. The maximum atomic E-state index is 13.5. The van der Waals surface area contributed by atoms with Crippen LogP contribution in [0.15, 0.2) is 54.7 Å². The Balaban J connectivity index is 1.56. The largest absolute Gasteiger partial charge is 0.508 e. The number of aromatic hydroxyl groups is 1. The molecule has 0 aliphatic rings. The zero-order valence-electron chi connectivity index (χ0n) is 35.8. The molecule has 3 aromatic rings. The predicted molar refractivity (Wildman–Crippen MR) is 230 cm³/mol. The van der Waals surface area contributed by atoms with Gasteiger partial charge >= 0.3 is 17.9 Å². The van der Waals surface area contributed by atoms with Gasteiger partial charge in [-0.25, -0.2) is 4.79 Å². The molecule has 1 heterocycles. The minimum atomic E-state index is -1.87. The summed E-state index contributed by atoms with van der Waals surface area (Å²) >= 11 is 0. The van der Waals surface area contributed by atoms with Crippen molar-refractivity contribution in [3.63, 3.8) is 0 Å². The van der Waals surface area contributed by atoms with Crippen LogP contribution in [-0.2, 0) is 65.6 Å². The highest BCUT2D eigenvalue weighted by Gasteiger charge is 2.32. The summed E-state index contributed by atoms with van der Waals surface area (Å²) in [6, 6.07) is 3.54. The molecule has 3 rings (SSSR count). The van der Waals surface area contributed by atoms with Crippen LogP contribution in [0.4, 0.5) is 0 Å². The van der Waals surface area contributed by atoms with Gasteiger partial charge in [-0.15, -0.1) is 0 Å². The normalized spacial score (nSPS) is 13.5. The standard InChI is InChI=1S/C41H52N10O16/c1-20(47-37(62)25(42)13-22-15-43-26-5-3-2-4-24(22)26)36(61)45-16-31(54)44-17-32(55)49-29(14-35(59)60)40(65)50-28(12-21-6-8-23(53)9-7-21)39(64)51-30(19-52)38(63)46-18-33(56)48-27(41(66)67)10-11-34(57)58/h2-9,15,20,25,27-30,43,52-53H,10-14,16-19,42H2,1H3,(H,44,54)(H,45,61)(H,46,63)(H,47,62)(H,48,56)(H,49,55)(H,50,65)(H,51,64)(H,57,58)(H,59,60)(H,66,67)/t20-,25+,27+,28+,29+,30+/m1/s1. The monoisotopic (exact) mass is 940 g/mol. The van der Waals surface area contributed by atoms with Crippen LogP contribution in [0.1, 0.15) is 37.3 Å². The highest BCUT2D eigenvalue weighted by Crippen LogP contribution is 2.19. The predicted octanol–water partition coefficient (Wildman–Crippen LogP) is -4.81. The molecule has 0 aliphatic carbocycles. The van der Waals surface area contributed by atoms with Crippen LogP contribution in [0.25, 0.3) is 10.9 Å². The maximum Gasteiger partial charge on any atom is 0.326 e. The van der Waals surface area contributed by atoms with Crippen LogP contribution >= 0.6 is 0 Å². The number of hydrogen-bond donors (Lipinski definition) is 15. The van der Waals surface area contributed by atoms with Gasteiger partial charge in [-0.05, 0) is 49.1 Å². The van der Waals surface area contributed by atoms with Crippen LogP contribution in [-0.4, -0.2) is 158 Å². The Morgan fingerprint density at radius 2 is 1.19 bits per heavy atom. The van der Waals surface area contributed by atoms with E-state index < -0.39 is 147 Å². The second-order valence-electron chi connectivity index (χ2n) is 14.9. The number of phenolic OH excluding ortho intramolecular Hbond substituents is 1. The van der Waals surface area contributed by atoms with E-state index in [1.54, 1.807) is 6.20 Å². The molecule has 6 atom stereocenters. The molecular weight excluding hydrogens is 889 g/mol. The van der Waals surface area contributed by atoms with Crippen molar-refractivity contribution in [3.8, 4) is 5.75 Å². The molecule has 0 fully saturated rings. The zero-order valence-corrected chi connectivity index (χ0v) is 35.8. The number of rotatable bonds is 27. The molecule has 0 saturated heterocycles. The number of aromatic amines is 1. The SMILES string of the molecule is C[C@@H](NC(=O)[C@@H](N)Cc1c[nH]c2ccccc12)C(=O)NCC(=O)NCC(=O)N[C@@H](CC(=O)O)C(=O)N[C@@H](Cc1ccc(O)cc1)C(=O)N[C@@H](CO)C(=O)NCC(=O)N[C@@H](CCC(=O)O)C(=O)O. The van der Waals surface area contributed by atoms with Crippen molar-refractivity contribution in [2.45, 2.75) is 75.3 Å². The number of aliphatic hydroxyl groups is 1. The molecule has 0 radical (unpaired) electrons. The average molecular weight is 941 g/mol. The first-order chi connectivity index (χ1) is 31.7. The third-order valence-electron chi connectivity index (χ3n) is 9.63. The molecule has 0 unspecified atom stereocenters. The number of aromatic nitrogens is 1. The van der Waals surface area contributed by atoms with Crippen molar-refractivity contribution in [2.75, 3.05) is 26.2 Å². The summed E-state index contributed by atoms with van der Waals surface area (Å²) in [5.41, 5.74) is 8.03. The first kappa shape index (κ1) is 53.2. The number of aliphatic carboxylic acids is 3. The third kappa shape index (κ3) is 18.1. The van der Waals surface area contributed by atoms with Gasteiger partial charge in [0.15, 0.2) is 0 Å². The first-order valence-electron chi connectivity index (χ1n) is 20.3. The van der Waals surface area contributed by atoms with Crippen LogP contribution < -0.4 is 48.3 Å². The van der Waals surface area contributed by atoms with Crippen molar-refractivity contribution in [3.05, 3.63) is 65.9 Å². The highest BCUT2D eigenvalue weighted by molar-refractivity contribution is 5.97. The Morgan fingerprint density at radius 3 is 1.82 bits per heavy atom. The molecule has 67 heavy (non-hydrogen) atoms. The molecule has 0 aliphatic heterocycles. The van der Waals surface area contributed by atoms with Crippen LogP contribution in [0, 0.1) is 0 Å². The summed E-state index contributed by atoms with van der Waals surface area (Å²) in [7, 11) is 0. The number of amides is 8. The molecule has 8 amide bonds. The van der Waals surface area contributed by atoms with Gasteiger partial charge in [0.1, 0.15) is 36.0 Å². The van der Waals surface area contributed by atoms with Gasteiger partial charge in [0.25, 0.3) is 0 Å². The lowest BCUT2D eigenvalue weighted by molar-refractivity contribution is -0.143. The van der Waals surface area contributed by atoms with Gasteiger partial charge in [0.2, 0.25) is 47.3 Å². The molecular formula is C41H52N10O16. The number of fused-ring (bicyclic) bond motifs is 1. The second-order valence-corrected chi connectivity index (χ2v) is 14.9. The minimum absolute atomic E-state index is 0.164. The number of carboxylic acid groups (broad SMARTS) is 3. The van der Waals surface area contributed by atoms with E-state index in [1.807, 2.05) is 29.6 Å². The molecule has 1 aromatic heterocycles. The average Bonchev–Trinajstić information content (AvgIpc) is 3.69. The smallest absolute Gasteiger partial charge is 0.326 e. The number of benzene rings is 2. The van der Waals surface area contributed by atoms with Crippen LogP contribution in [0.2, 0.25) is 0 Å². The van der Waals surface area contributed by atoms with E-state index in [0.29, 0.717) is 5.56 Å². The van der Waals surface area contributed by atoms with Gasteiger partial charge in [-0.3, -0.25) is 47.9 Å². The lowest BCUT2D eigenvalue weighted by Crippen LogP contribution is -2.59.